The Balaban J connectivity index is 2.06. The summed E-state index contributed by atoms with van der Waals surface area (Å²) in [6.45, 7) is 1.23. The number of benzene rings is 2. The topological polar surface area (TPSA) is 118 Å². The fraction of sp³-hybridized carbons (Fsp3) is 0.286. The zero-order valence-corrected chi connectivity index (χ0v) is 17.3. The Morgan fingerprint density at radius 3 is 2.23 bits per heavy atom. The lowest BCUT2D eigenvalue weighted by Gasteiger charge is -2.21. The summed E-state index contributed by atoms with van der Waals surface area (Å²) in [5.74, 6) is -2.35. The van der Waals surface area contributed by atoms with Gasteiger partial charge in [0.1, 0.15) is 17.9 Å². The van der Waals surface area contributed by atoms with E-state index in [-0.39, 0.29) is 24.2 Å². The van der Waals surface area contributed by atoms with Gasteiger partial charge in [0.2, 0.25) is 17.7 Å². The molecule has 0 heterocycles. The van der Waals surface area contributed by atoms with E-state index in [4.69, 9.17) is 5.73 Å². The van der Waals surface area contributed by atoms with Gasteiger partial charge in [0.15, 0.2) is 0 Å². The Hall–Kier alpha value is -3.07. The predicted molar refractivity (Wildman–Crippen MR) is 111 cm³/mol. The van der Waals surface area contributed by atoms with E-state index in [0.29, 0.717) is 4.90 Å². The Morgan fingerprint density at radius 2 is 1.63 bits per heavy atom. The minimum atomic E-state index is -1.37. The second-order valence-corrected chi connectivity index (χ2v) is 8.23. The second kappa shape index (κ2) is 11.2. The molecular formula is C21H24FN3O4S. The third kappa shape index (κ3) is 7.07. The molecule has 160 valence electrons. The molecule has 2 rings (SSSR count). The summed E-state index contributed by atoms with van der Waals surface area (Å²) in [7, 11) is -1.37. The molecular weight excluding hydrogens is 409 g/mol. The minimum Gasteiger partial charge on any atom is -0.368 e. The first-order chi connectivity index (χ1) is 14.3. The molecule has 0 spiro atoms. The van der Waals surface area contributed by atoms with E-state index < -0.39 is 46.4 Å². The third-order valence-electron chi connectivity index (χ3n) is 4.33. The van der Waals surface area contributed by atoms with E-state index in [2.05, 4.69) is 10.6 Å². The average molecular weight is 434 g/mol. The maximum absolute atomic E-state index is 14.0. The molecule has 30 heavy (non-hydrogen) atoms. The number of halogens is 1. The molecule has 2 aromatic rings. The number of hydrogen-bond donors (Lipinski definition) is 3. The van der Waals surface area contributed by atoms with Crippen LogP contribution in [0.25, 0.3) is 0 Å². The van der Waals surface area contributed by atoms with Gasteiger partial charge in [-0.1, -0.05) is 36.4 Å². The van der Waals surface area contributed by atoms with E-state index in [1.807, 2.05) is 0 Å². The van der Waals surface area contributed by atoms with Gasteiger partial charge in [-0.15, -0.1) is 0 Å². The van der Waals surface area contributed by atoms with Crippen molar-refractivity contribution in [2.75, 3.05) is 5.75 Å². The van der Waals surface area contributed by atoms with Gasteiger partial charge in [0.05, 0.1) is 10.8 Å². The molecule has 0 aromatic heterocycles. The van der Waals surface area contributed by atoms with Gasteiger partial charge in [0.25, 0.3) is 0 Å². The van der Waals surface area contributed by atoms with Crippen LogP contribution in [0.2, 0.25) is 0 Å². The van der Waals surface area contributed by atoms with Crippen molar-refractivity contribution in [2.24, 2.45) is 5.73 Å². The van der Waals surface area contributed by atoms with Crippen LogP contribution in [0.5, 0.6) is 0 Å². The van der Waals surface area contributed by atoms with E-state index in [1.165, 1.54) is 25.1 Å². The Bertz CT molecular complexity index is 923. The van der Waals surface area contributed by atoms with Crippen molar-refractivity contribution in [3.63, 3.8) is 0 Å². The molecule has 3 amide bonds. The number of rotatable bonds is 10. The molecule has 0 saturated carbocycles. The van der Waals surface area contributed by atoms with Gasteiger partial charge < -0.3 is 16.4 Å². The normalized spacial score (nSPS) is 13.7. The predicted octanol–water partition coefficient (Wildman–Crippen LogP) is 1.04. The van der Waals surface area contributed by atoms with Crippen molar-refractivity contribution >= 4 is 28.5 Å². The number of amides is 3. The van der Waals surface area contributed by atoms with Gasteiger partial charge in [-0.3, -0.25) is 18.6 Å². The average Bonchev–Trinajstić information content (AvgIpc) is 2.71. The smallest absolute Gasteiger partial charge is 0.243 e. The fourth-order valence-electron chi connectivity index (χ4n) is 2.81. The highest BCUT2D eigenvalue weighted by Gasteiger charge is 2.26. The van der Waals surface area contributed by atoms with Gasteiger partial charge in [0, 0.05) is 24.0 Å². The molecule has 0 fully saturated rings. The molecule has 0 bridgehead atoms. The molecule has 0 aliphatic heterocycles. The number of carbonyl (C=O) groups excluding carboxylic acids is 3. The van der Waals surface area contributed by atoms with E-state index in [9.17, 15) is 23.0 Å². The van der Waals surface area contributed by atoms with Crippen molar-refractivity contribution < 1.29 is 23.0 Å². The molecule has 0 aliphatic carbocycles. The summed E-state index contributed by atoms with van der Waals surface area (Å²) < 4.78 is 26.3. The van der Waals surface area contributed by atoms with Crippen LogP contribution >= 0.6 is 0 Å². The molecule has 0 saturated heterocycles. The lowest BCUT2D eigenvalue weighted by Crippen LogP contribution is -2.53. The van der Waals surface area contributed by atoms with Crippen molar-refractivity contribution in [1.82, 2.24) is 10.6 Å². The summed E-state index contributed by atoms with van der Waals surface area (Å²) in [6, 6.07) is 12.4. The summed E-state index contributed by atoms with van der Waals surface area (Å²) in [4.78, 5) is 36.6. The Kier molecular flexibility index (Phi) is 8.67. The lowest BCUT2D eigenvalue weighted by molar-refractivity contribution is -0.130. The summed E-state index contributed by atoms with van der Waals surface area (Å²) >= 11 is 0. The molecule has 9 heteroatoms. The summed E-state index contributed by atoms with van der Waals surface area (Å²) in [5.41, 5.74) is 5.63. The number of hydrogen-bond acceptors (Lipinski definition) is 4. The molecule has 2 aromatic carbocycles. The first kappa shape index (κ1) is 23.2. The monoisotopic (exact) mass is 433 g/mol. The minimum absolute atomic E-state index is 0.0507. The zero-order chi connectivity index (χ0) is 22.1. The molecule has 0 unspecified atom stereocenters. The van der Waals surface area contributed by atoms with Crippen LogP contribution in [0.3, 0.4) is 0 Å². The quantitative estimate of drug-likeness (QED) is 0.519. The summed E-state index contributed by atoms with van der Waals surface area (Å²) in [5, 5.41) is 4.94. The number of nitrogens with one attached hydrogen (secondary N) is 2. The van der Waals surface area contributed by atoms with Crippen molar-refractivity contribution in [2.45, 2.75) is 36.7 Å². The van der Waals surface area contributed by atoms with Crippen molar-refractivity contribution in [3.8, 4) is 0 Å². The Morgan fingerprint density at radius 1 is 1.00 bits per heavy atom. The second-order valence-electron chi connectivity index (χ2n) is 6.66. The highest BCUT2D eigenvalue weighted by Crippen LogP contribution is 2.11. The van der Waals surface area contributed by atoms with E-state index >= 15 is 0 Å². The first-order valence-electron chi connectivity index (χ1n) is 9.31. The number of primary amides is 1. The number of carbonyl (C=O) groups is 3. The molecule has 4 N–H and O–H groups in total. The van der Waals surface area contributed by atoms with Gasteiger partial charge in [-0.05, 0) is 30.2 Å². The van der Waals surface area contributed by atoms with Gasteiger partial charge in [-0.2, -0.15) is 0 Å². The highest BCUT2D eigenvalue weighted by atomic mass is 32.2. The van der Waals surface area contributed by atoms with Gasteiger partial charge >= 0.3 is 0 Å². The van der Waals surface area contributed by atoms with Crippen LogP contribution in [0.1, 0.15) is 18.9 Å². The summed E-state index contributed by atoms with van der Waals surface area (Å²) in [6.07, 6.45) is -0.0470. The van der Waals surface area contributed by atoms with Crippen LogP contribution in [-0.4, -0.2) is 39.8 Å². The van der Waals surface area contributed by atoms with Crippen LogP contribution in [0.4, 0.5) is 4.39 Å². The van der Waals surface area contributed by atoms with Gasteiger partial charge in [-0.25, -0.2) is 4.39 Å². The maximum atomic E-state index is 14.0. The maximum Gasteiger partial charge on any atom is 0.243 e. The largest absolute Gasteiger partial charge is 0.368 e. The van der Waals surface area contributed by atoms with Crippen LogP contribution in [0.15, 0.2) is 59.5 Å². The van der Waals surface area contributed by atoms with E-state index in [1.54, 1.807) is 36.4 Å². The highest BCUT2D eigenvalue weighted by molar-refractivity contribution is 7.85. The standard InChI is InChI=1S/C21H24FN3O4S/c1-14(26)24-19(13-15-7-5-6-10-17(15)22)21(28)25-18(20(23)27)11-12-30(29)16-8-3-2-4-9-16/h2-10,18-19H,11-13H2,1H3,(H2,23,27)(H,24,26)(H,25,28)/t18-,19+,30-/m1/s1. The lowest BCUT2D eigenvalue weighted by atomic mass is 10.0. The SMILES string of the molecule is CC(=O)N[C@@H](Cc1ccccc1F)C(=O)N[C@H](CC[S@@](=O)c1ccccc1)C(N)=O. The fourth-order valence-corrected chi connectivity index (χ4v) is 3.96. The van der Waals surface area contributed by atoms with Crippen LogP contribution in [0, 0.1) is 5.82 Å². The van der Waals surface area contributed by atoms with E-state index in [0.717, 1.165) is 0 Å². The molecule has 7 nitrogen and oxygen atoms in total. The first-order valence-corrected chi connectivity index (χ1v) is 10.6. The molecule has 0 radical (unpaired) electrons. The van der Waals surface area contributed by atoms with Crippen LogP contribution < -0.4 is 16.4 Å². The third-order valence-corrected chi connectivity index (χ3v) is 5.74. The zero-order valence-electron chi connectivity index (χ0n) is 16.5. The molecule has 3 atom stereocenters. The molecule has 0 aliphatic rings. The van der Waals surface area contributed by atoms with Crippen molar-refractivity contribution in [1.29, 1.82) is 0 Å². The Labute approximate surface area is 176 Å². The van der Waals surface area contributed by atoms with Crippen LogP contribution in [-0.2, 0) is 31.6 Å². The number of nitrogens with two attached hydrogens (primary N) is 1. The van der Waals surface area contributed by atoms with Crippen molar-refractivity contribution in [3.05, 3.63) is 66.0 Å².